The predicted molar refractivity (Wildman–Crippen MR) is 176 cm³/mol. The maximum absolute atomic E-state index is 11.5. The second-order valence-electron chi connectivity index (χ2n) is 10.8. The van der Waals surface area contributed by atoms with Gasteiger partial charge in [0.05, 0.1) is 0 Å². The molecule has 0 aliphatic rings. The van der Waals surface area contributed by atoms with E-state index in [1.165, 1.54) is 0 Å². The van der Waals surface area contributed by atoms with Crippen molar-refractivity contribution in [2.45, 2.75) is 0 Å². The van der Waals surface area contributed by atoms with Gasteiger partial charge in [-0.15, -0.1) is 0 Å². The van der Waals surface area contributed by atoms with E-state index >= 15 is 0 Å². The molecule has 0 spiro atoms. The first kappa shape index (κ1) is 24.2. The average Bonchev–Trinajstić information content (AvgIpc) is 3.04. The molecule has 2 N–H and O–H groups in total. The van der Waals surface area contributed by atoms with Crippen LogP contribution in [-0.2, 0) is 0 Å². The summed E-state index contributed by atoms with van der Waals surface area (Å²) in [6, 6.07) is 49.2. The Hall–Kier alpha value is -5.60. The monoisotopic (exact) mass is 538 g/mol. The maximum Gasteiger partial charge on any atom is 0.124 e. The molecule has 0 saturated heterocycles. The Morgan fingerprint density at radius 3 is 0.905 bits per heavy atom. The number of phenolic OH excluding ortho intramolecular Hbond substituents is 2. The highest BCUT2D eigenvalue weighted by Crippen LogP contribution is 2.50. The lowest BCUT2D eigenvalue weighted by Crippen LogP contribution is -1.94. The highest BCUT2D eigenvalue weighted by Gasteiger charge is 2.23. The maximum atomic E-state index is 11.5. The van der Waals surface area contributed by atoms with Gasteiger partial charge in [0, 0.05) is 22.3 Å². The normalized spacial score (nSPS) is 11.5. The molecule has 0 aliphatic carbocycles. The third-order valence-electron chi connectivity index (χ3n) is 8.46. The molecule has 0 fully saturated rings. The Labute approximate surface area is 243 Å². The summed E-state index contributed by atoms with van der Waals surface area (Å²) in [6.07, 6.45) is 0. The molecule has 2 heteroatoms. The molecule has 0 bridgehead atoms. The highest BCUT2D eigenvalue weighted by atomic mass is 16.3. The SMILES string of the molecule is Oc1ccc2ccccc2c1-c1c(-c2ccc3ccccc3c2-c2c(O)ccc3ccccc23)ccc2ccccc12. The number of fused-ring (bicyclic) bond motifs is 4. The number of phenols is 2. The molecular weight excluding hydrogens is 512 g/mol. The Morgan fingerprint density at radius 1 is 0.262 bits per heavy atom. The van der Waals surface area contributed by atoms with E-state index in [1.54, 1.807) is 12.1 Å². The Morgan fingerprint density at radius 2 is 0.548 bits per heavy atom. The topological polar surface area (TPSA) is 40.5 Å². The van der Waals surface area contributed by atoms with Gasteiger partial charge in [-0.25, -0.2) is 0 Å². The number of benzene rings is 8. The lowest BCUT2D eigenvalue weighted by Gasteiger charge is -2.21. The van der Waals surface area contributed by atoms with E-state index in [-0.39, 0.29) is 11.5 Å². The van der Waals surface area contributed by atoms with Crippen LogP contribution in [-0.4, -0.2) is 10.2 Å². The van der Waals surface area contributed by atoms with Gasteiger partial charge in [-0.1, -0.05) is 133 Å². The molecule has 8 aromatic rings. The standard InChI is InChI=1S/C40H26O2/c41-35-23-19-27-11-3-7-15-31(27)39(35)37-29-13-5-1-9-25(29)17-21-33(37)34-22-18-26-10-2-6-14-30(26)38(34)40-32-16-8-4-12-28(32)20-24-36(40)42/h1-24,41-42H. The van der Waals surface area contributed by atoms with E-state index in [0.29, 0.717) is 0 Å². The van der Waals surface area contributed by atoms with Gasteiger partial charge in [0.25, 0.3) is 0 Å². The van der Waals surface area contributed by atoms with Crippen molar-refractivity contribution in [1.29, 1.82) is 0 Å². The second-order valence-corrected chi connectivity index (χ2v) is 10.8. The molecule has 0 aliphatic heterocycles. The van der Waals surface area contributed by atoms with Gasteiger partial charge in [0.1, 0.15) is 11.5 Å². The number of hydrogen-bond donors (Lipinski definition) is 2. The zero-order valence-corrected chi connectivity index (χ0v) is 22.8. The van der Waals surface area contributed by atoms with Crippen LogP contribution in [0.25, 0.3) is 76.5 Å². The Kier molecular flexibility index (Phi) is 5.48. The quantitative estimate of drug-likeness (QED) is 0.235. The van der Waals surface area contributed by atoms with Gasteiger partial charge in [-0.2, -0.15) is 0 Å². The van der Waals surface area contributed by atoms with Gasteiger partial charge in [-0.05, 0) is 66.3 Å². The lowest BCUT2D eigenvalue weighted by atomic mass is 9.82. The molecule has 0 aromatic heterocycles. The van der Waals surface area contributed by atoms with E-state index in [4.69, 9.17) is 0 Å². The van der Waals surface area contributed by atoms with Crippen LogP contribution >= 0.6 is 0 Å². The van der Waals surface area contributed by atoms with Crippen molar-refractivity contribution < 1.29 is 10.2 Å². The first-order valence-corrected chi connectivity index (χ1v) is 14.1. The van der Waals surface area contributed by atoms with Crippen LogP contribution < -0.4 is 0 Å². The van der Waals surface area contributed by atoms with Gasteiger partial charge < -0.3 is 10.2 Å². The summed E-state index contributed by atoms with van der Waals surface area (Å²) >= 11 is 0. The molecule has 0 unspecified atom stereocenters. The molecule has 8 aromatic carbocycles. The summed E-state index contributed by atoms with van der Waals surface area (Å²) in [5, 5.41) is 31.4. The minimum Gasteiger partial charge on any atom is -0.507 e. The fourth-order valence-electron chi connectivity index (χ4n) is 6.58. The van der Waals surface area contributed by atoms with Crippen LogP contribution in [0.2, 0.25) is 0 Å². The van der Waals surface area contributed by atoms with Crippen molar-refractivity contribution in [1.82, 2.24) is 0 Å². The van der Waals surface area contributed by atoms with Crippen molar-refractivity contribution >= 4 is 43.1 Å². The van der Waals surface area contributed by atoms with E-state index in [0.717, 1.165) is 76.5 Å². The van der Waals surface area contributed by atoms with Crippen LogP contribution in [0, 0.1) is 0 Å². The van der Waals surface area contributed by atoms with Gasteiger partial charge in [0.2, 0.25) is 0 Å². The number of rotatable bonds is 3. The van der Waals surface area contributed by atoms with Crippen LogP contribution in [0.3, 0.4) is 0 Å². The van der Waals surface area contributed by atoms with E-state index < -0.39 is 0 Å². The Bertz CT molecular complexity index is 2160. The minimum atomic E-state index is 0.238. The molecular formula is C40H26O2. The summed E-state index contributed by atoms with van der Waals surface area (Å²) in [6.45, 7) is 0. The van der Waals surface area contributed by atoms with Crippen LogP contribution in [0.15, 0.2) is 146 Å². The molecule has 0 atom stereocenters. The van der Waals surface area contributed by atoms with Crippen LogP contribution in [0.1, 0.15) is 0 Å². The zero-order valence-electron chi connectivity index (χ0n) is 22.8. The predicted octanol–water partition coefficient (Wildman–Crippen LogP) is 10.7. The number of hydrogen-bond acceptors (Lipinski definition) is 2. The van der Waals surface area contributed by atoms with Crippen LogP contribution in [0.5, 0.6) is 11.5 Å². The highest BCUT2D eigenvalue weighted by molar-refractivity contribution is 6.17. The van der Waals surface area contributed by atoms with E-state index in [1.807, 2.05) is 48.5 Å². The van der Waals surface area contributed by atoms with Crippen molar-refractivity contribution in [2.24, 2.45) is 0 Å². The van der Waals surface area contributed by atoms with Gasteiger partial charge in [0.15, 0.2) is 0 Å². The average molecular weight is 539 g/mol. The summed E-state index contributed by atoms with van der Waals surface area (Å²) in [5.41, 5.74) is 5.54. The third-order valence-corrected chi connectivity index (χ3v) is 8.46. The summed E-state index contributed by atoms with van der Waals surface area (Å²) in [5.74, 6) is 0.475. The smallest absolute Gasteiger partial charge is 0.124 e. The zero-order chi connectivity index (χ0) is 28.2. The summed E-state index contributed by atoms with van der Waals surface area (Å²) in [4.78, 5) is 0. The second kappa shape index (κ2) is 9.50. The molecule has 42 heavy (non-hydrogen) atoms. The molecule has 2 nitrogen and oxygen atoms in total. The van der Waals surface area contributed by atoms with Crippen molar-refractivity contribution in [2.75, 3.05) is 0 Å². The van der Waals surface area contributed by atoms with Crippen molar-refractivity contribution in [3.8, 4) is 44.9 Å². The van der Waals surface area contributed by atoms with E-state index in [9.17, 15) is 10.2 Å². The molecule has 0 amide bonds. The third kappa shape index (κ3) is 3.66. The van der Waals surface area contributed by atoms with Crippen molar-refractivity contribution in [3.63, 3.8) is 0 Å². The first-order chi connectivity index (χ1) is 20.7. The fourth-order valence-corrected chi connectivity index (χ4v) is 6.58. The number of aromatic hydroxyl groups is 2. The molecule has 0 saturated carbocycles. The largest absolute Gasteiger partial charge is 0.507 e. The van der Waals surface area contributed by atoms with Gasteiger partial charge >= 0.3 is 0 Å². The van der Waals surface area contributed by atoms with Gasteiger partial charge in [-0.3, -0.25) is 0 Å². The molecule has 0 heterocycles. The van der Waals surface area contributed by atoms with E-state index in [2.05, 4.69) is 84.9 Å². The van der Waals surface area contributed by atoms with Crippen LogP contribution in [0.4, 0.5) is 0 Å². The molecule has 198 valence electrons. The summed E-state index contributed by atoms with van der Waals surface area (Å²) < 4.78 is 0. The Balaban J connectivity index is 1.58. The lowest BCUT2D eigenvalue weighted by molar-refractivity contribution is 0.477. The molecule has 0 radical (unpaired) electrons. The fraction of sp³-hybridized carbons (Fsp3) is 0. The molecule has 8 rings (SSSR count). The van der Waals surface area contributed by atoms with Crippen molar-refractivity contribution in [3.05, 3.63) is 146 Å². The minimum absolute atomic E-state index is 0.238. The summed E-state index contributed by atoms with van der Waals surface area (Å²) in [7, 11) is 0. The first-order valence-electron chi connectivity index (χ1n) is 14.1.